The first-order chi connectivity index (χ1) is 14.4. The van der Waals surface area contributed by atoms with Crippen LogP contribution in [0.3, 0.4) is 0 Å². The van der Waals surface area contributed by atoms with E-state index in [4.69, 9.17) is 21.3 Å². The third-order valence-electron chi connectivity index (χ3n) is 4.88. The van der Waals surface area contributed by atoms with Crippen LogP contribution in [-0.4, -0.2) is 16.1 Å². The lowest BCUT2D eigenvalue weighted by molar-refractivity contribution is 0.0693. The molecule has 2 aromatic carbocycles. The molecule has 0 saturated heterocycles. The zero-order chi connectivity index (χ0) is 21.7. The molecule has 30 heavy (non-hydrogen) atoms. The number of rotatable bonds is 8. The fourth-order valence-corrected chi connectivity index (χ4v) is 3.57. The third kappa shape index (κ3) is 5.19. The van der Waals surface area contributed by atoms with Gasteiger partial charge in [-0.25, -0.2) is 4.79 Å². The van der Waals surface area contributed by atoms with E-state index in [1.54, 1.807) is 12.1 Å². The second kappa shape index (κ2) is 9.77. The van der Waals surface area contributed by atoms with Crippen molar-refractivity contribution in [3.63, 3.8) is 0 Å². The molecule has 0 saturated carbocycles. The van der Waals surface area contributed by atoms with Gasteiger partial charge in [0.2, 0.25) is 0 Å². The lowest BCUT2D eigenvalue weighted by atomic mass is 9.95. The van der Waals surface area contributed by atoms with Gasteiger partial charge >= 0.3 is 5.97 Å². The summed E-state index contributed by atoms with van der Waals surface area (Å²) in [5.74, 6) is -0.232. The van der Waals surface area contributed by atoms with E-state index in [9.17, 15) is 9.90 Å². The molecule has 0 spiro atoms. The van der Waals surface area contributed by atoms with Crippen LogP contribution in [0.1, 0.15) is 60.4 Å². The number of aromatic carboxylic acids is 1. The zero-order valence-corrected chi connectivity index (χ0v) is 18.2. The number of aryl methyl sites for hydroxylation is 1. The SMILES string of the molecule is CCCc1ccc(OCc2nc(C(C)C)c(-c3cccc(Cl)c3)cc2C(=O)O)cc1. The summed E-state index contributed by atoms with van der Waals surface area (Å²) in [6, 6.07) is 16.9. The molecule has 0 fully saturated rings. The van der Waals surface area contributed by atoms with Crippen molar-refractivity contribution < 1.29 is 14.6 Å². The summed E-state index contributed by atoms with van der Waals surface area (Å²) < 4.78 is 5.87. The molecule has 0 aliphatic heterocycles. The molecule has 5 heteroatoms. The minimum Gasteiger partial charge on any atom is -0.487 e. The maximum Gasteiger partial charge on any atom is 0.337 e. The first kappa shape index (κ1) is 21.8. The van der Waals surface area contributed by atoms with E-state index in [-0.39, 0.29) is 18.1 Å². The molecule has 1 N–H and O–H groups in total. The number of carbonyl (C=O) groups is 1. The van der Waals surface area contributed by atoms with Crippen LogP contribution in [0.25, 0.3) is 11.1 Å². The Hall–Kier alpha value is -2.85. The Bertz CT molecular complexity index is 1030. The molecule has 3 aromatic rings. The van der Waals surface area contributed by atoms with Gasteiger partial charge in [-0.3, -0.25) is 4.98 Å². The predicted molar refractivity (Wildman–Crippen MR) is 121 cm³/mol. The van der Waals surface area contributed by atoms with Crippen LogP contribution in [0.15, 0.2) is 54.6 Å². The van der Waals surface area contributed by atoms with Crippen molar-refractivity contribution in [1.29, 1.82) is 0 Å². The van der Waals surface area contributed by atoms with Gasteiger partial charge in [-0.05, 0) is 53.8 Å². The highest BCUT2D eigenvalue weighted by molar-refractivity contribution is 6.30. The number of halogens is 1. The molecule has 156 valence electrons. The van der Waals surface area contributed by atoms with Gasteiger partial charge in [-0.15, -0.1) is 0 Å². The van der Waals surface area contributed by atoms with Gasteiger partial charge in [-0.2, -0.15) is 0 Å². The summed E-state index contributed by atoms with van der Waals surface area (Å²) in [7, 11) is 0. The first-order valence-corrected chi connectivity index (χ1v) is 10.5. The van der Waals surface area contributed by atoms with E-state index < -0.39 is 5.97 Å². The number of aromatic nitrogens is 1. The molecule has 1 heterocycles. The third-order valence-corrected chi connectivity index (χ3v) is 5.12. The molecule has 0 unspecified atom stereocenters. The Kier molecular flexibility index (Phi) is 7.11. The zero-order valence-electron chi connectivity index (χ0n) is 17.5. The molecule has 3 rings (SSSR count). The lowest BCUT2D eigenvalue weighted by Gasteiger charge is -2.17. The van der Waals surface area contributed by atoms with Gasteiger partial charge in [-0.1, -0.05) is 63.1 Å². The standard InChI is InChI=1S/C25H26ClNO3/c1-4-6-17-9-11-20(12-10-17)30-15-23-22(25(28)29)14-21(24(27-23)16(2)3)18-7-5-8-19(26)13-18/h5,7-14,16H,4,6,15H2,1-3H3,(H,28,29). The van der Waals surface area contributed by atoms with E-state index in [1.807, 2.05) is 56.3 Å². The minimum absolute atomic E-state index is 0.0876. The second-order valence-corrected chi connectivity index (χ2v) is 8.00. The lowest BCUT2D eigenvalue weighted by Crippen LogP contribution is -2.12. The normalized spacial score (nSPS) is 11.0. The summed E-state index contributed by atoms with van der Waals surface area (Å²) in [6.07, 6.45) is 2.11. The Balaban J connectivity index is 1.95. The van der Waals surface area contributed by atoms with Crippen LogP contribution >= 0.6 is 11.6 Å². The van der Waals surface area contributed by atoms with Crippen LogP contribution in [0, 0.1) is 0 Å². The summed E-state index contributed by atoms with van der Waals surface area (Å²) in [4.78, 5) is 16.7. The molecule has 0 radical (unpaired) electrons. The van der Waals surface area contributed by atoms with Crippen LogP contribution in [0.4, 0.5) is 0 Å². The Morgan fingerprint density at radius 1 is 1.13 bits per heavy atom. The van der Waals surface area contributed by atoms with Crippen molar-refractivity contribution >= 4 is 17.6 Å². The van der Waals surface area contributed by atoms with Crippen molar-refractivity contribution in [3.05, 3.63) is 82.1 Å². The number of hydrogen-bond acceptors (Lipinski definition) is 3. The largest absolute Gasteiger partial charge is 0.487 e. The number of benzene rings is 2. The number of hydrogen-bond donors (Lipinski definition) is 1. The number of carboxylic acid groups (broad SMARTS) is 1. The van der Waals surface area contributed by atoms with Gasteiger partial charge in [0.05, 0.1) is 17.0 Å². The monoisotopic (exact) mass is 423 g/mol. The van der Waals surface area contributed by atoms with E-state index in [2.05, 4.69) is 6.92 Å². The van der Waals surface area contributed by atoms with Crippen molar-refractivity contribution in [3.8, 4) is 16.9 Å². The van der Waals surface area contributed by atoms with E-state index in [0.29, 0.717) is 16.5 Å². The molecule has 0 aliphatic carbocycles. The second-order valence-electron chi connectivity index (χ2n) is 7.57. The highest BCUT2D eigenvalue weighted by atomic mass is 35.5. The molecule has 0 atom stereocenters. The maximum absolute atomic E-state index is 12.0. The van der Waals surface area contributed by atoms with Gasteiger partial charge in [0.15, 0.2) is 0 Å². The smallest absolute Gasteiger partial charge is 0.337 e. The molecule has 0 bridgehead atoms. The topological polar surface area (TPSA) is 59.4 Å². The van der Waals surface area contributed by atoms with Gasteiger partial charge < -0.3 is 9.84 Å². The number of carboxylic acids is 1. The molecule has 4 nitrogen and oxygen atoms in total. The molecule has 1 aromatic heterocycles. The minimum atomic E-state index is -1.03. The highest BCUT2D eigenvalue weighted by Gasteiger charge is 2.20. The predicted octanol–water partition coefficient (Wildman–Crippen LogP) is 6.76. The summed E-state index contributed by atoms with van der Waals surface area (Å²) in [6.45, 7) is 6.30. The Labute approximate surface area is 182 Å². The molecule has 0 aliphatic rings. The van der Waals surface area contributed by atoms with Crippen LogP contribution in [0.2, 0.25) is 5.02 Å². The number of ether oxygens (including phenoxy) is 1. The highest BCUT2D eigenvalue weighted by Crippen LogP contribution is 2.32. The summed E-state index contributed by atoms with van der Waals surface area (Å²) in [5.41, 5.74) is 4.24. The van der Waals surface area contributed by atoms with Gasteiger partial charge in [0, 0.05) is 10.6 Å². The average molecular weight is 424 g/mol. The van der Waals surface area contributed by atoms with E-state index in [0.717, 1.165) is 29.7 Å². The van der Waals surface area contributed by atoms with Crippen LogP contribution in [-0.2, 0) is 13.0 Å². The van der Waals surface area contributed by atoms with Gasteiger partial charge in [0.1, 0.15) is 12.4 Å². The summed E-state index contributed by atoms with van der Waals surface area (Å²) in [5, 5.41) is 10.4. The molecule has 0 amide bonds. The van der Waals surface area contributed by atoms with E-state index >= 15 is 0 Å². The Morgan fingerprint density at radius 3 is 2.47 bits per heavy atom. The van der Waals surface area contributed by atoms with Crippen molar-refractivity contribution in [1.82, 2.24) is 4.98 Å². The Morgan fingerprint density at radius 2 is 1.87 bits per heavy atom. The quantitative estimate of drug-likeness (QED) is 0.435. The molecular weight excluding hydrogens is 398 g/mol. The van der Waals surface area contributed by atoms with Crippen LogP contribution < -0.4 is 4.74 Å². The van der Waals surface area contributed by atoms with Crippen molar-refractivity contribution in [2.24, 2.45) is 0 Å². The number of nitrogens with zero attached hydrogens (tertiary/aromatic N) is 1. The van der Waals surface area contributed by atoms with Crippen molar-refractivity contribution in [2.45, 2.75) is 46.1 Å². The summed E-state index contributed by atoms with van der Waals surface area (Å²) >= 11 is 6.15. The first-order valence-electron chi connectivity index (χ1n) is 10.1. The fourth-order valence-electron chi connectivity index (χ4n) is 3.38. The van der Waals surface area contributed by atoms with Gasteiger partial charge in [0.25, 0.3) is 0 Å². The van der Waals surface area contributed by atoms with E-state index in [1.165, 1.54) is 5.56 Å². The average Bonchev–Trinajstić information content (AvgIpc) is 2.72. The number of pyridine rings is 1. The fraction of sp³-hybridized carbons (Fsp3) is 0.280. The van der Waals surface area contributed by atoms with Crippen LogP contribution in [0.5, 0.6) is 5.75 Å². The molecular formula is C25H26ClNO3. The van der Waals surface area contributed by atoms with Crippen molar-refractivity contribution in [2.75, 3.05) is 0 Å². The maximum atomic E-state index is 12.0.